The molecule has 0 aromatic rings. The first-order valence-electron chi connectivity index (χ1n) is 8.30. The van der Waals surface area contributed by atoms with E-state index in [4.69, 9.17) is 0 Å². The minimum atomic E-state index is -0.118. The Morgan fingerprint density at radius 1 is 1.35 bits per heavy atom. The van der Waals surface area contributed by atoms with Gasteiger partial charge in [0.1, 0.15) is 5.78 Å². The van der Waals surface area contributed by atoms with Crippen LogP contribution in [0.2, 0.25) is 0 Å². The maximum Gasteiger partial charge on any atom is 0.228 e. The summed E-state index contributed by atoms with van der Waals surface area (Å²) < 4.78 is 0. The molecule has 0 bridgehead atoms. The van der Waals surface area contributed by atoms with Crippen LogP contribution in [0.1, 0.15) is 65.7 Å². The highest BCUT2D eigenvalue weighted by Gasteiger charge is 2.44. The highest BCUT2D eigenvalue weighted by Crippen LogP contribution is 2.45. The average Bonchev–Trinajstić information content (AvgIpc) is 2.87. The number of amides is 1. The molecule has 0 radical (unpaired) electrons. The lowest BCUT2D eigenvalue weighted by Gasteiger charge is -2.39. The fraction of sp³-hybridized carbons (Fsp3) is 0.882. The Labute approximate surface area is 123 Å². The number of rotatable bonds is 4. The van der Waals surface area contributed by atoms with Crippen molar-refractivity contribution < 1.29 is 9.59 Å². The van der Waals surface area contributed by atoms with Crippen LogP contribution < -0.4 is 0 Å². The zero-order valence-electron chi connectivity index (χ0n) is 13.3. The van der Waals surface area contributed by atoms with Gasteiger partial charge in [-0.2, -0.15) is 0 Å². The second kappa shape index (κ2) is 6.28. The molecule has 1 aliphatic heterocycles. The molecular weight excluding hydrogens is 250 g/mol. The van der Waals surface area contributed by atoms with Crippen molar-refractivity contribution in [2.24, 2.45) is 17.3 Å². The second-order valence-electron chi connectivity index (χ2n) is 7.16. The highest BCUT2D eigenvalue weighted by molar-refractivity contribution is 5.87. The fourth-order valence-electron chi connectivity index (χ4n) is 4.12. The van der Waals surface area contributed by atoms with Crippen molar-refractivity contribution in [2.75, 3.05) is 13.1 Å². The van der Waals surface area contributed by atoms with Crippen LogP contribution in [0.4, 0.5) is 0 Å². The van der Waals surface area contributed by atoms with Crippen LogP contribution in [-0.4, -0.2) is 29.7 Å². The zero-order valence-corrected chi connectivity index (χ0v) is 13.3. The summed E-state index contributed by atoms with van der Waals surface area (Å²) in [6, 6.07) is 0. The van der Waals surface area contributed by atoms with Crippen LogP contribution in [0, 0.1) is 17.3 Å². The fourth-order valence-corrected chi connectivity index (χ4v) is 4.12. The van der Waals surface area contributed by atoms with E-state index in [0.717, 1.165) is 25.7 Å². The van der Waals surface area contributed by atoms with Crippen molar-refractivity contribution in [3.05, 3.63) is 0 Å². The molecule has 0 N–H and O–H groups in total. The molecule has 1 heterocycles. The van der Waals surface area contributed by atoms with Gasteiger partial charge in [0.15, 0.2) is 0 Å². The normalized spacial score (nSPS) is 26.3. The van der Waals surface area contributed by atoms with E-state index in [9.17, 15) is 9.59 Å². The number of carbonyl (C=O) groups excluding carboxylic acids is 2. The van der Waals surface area contributed by atoms with E-state index in [1.807, 2.05) is 4.90 Å². The summed E-state index contributed by atoms with van der Waals surface area (Å²) in [4.78, 5) is 26.9. The molecule has 20 heavy (non-hydrogen) atoms. The Morgan fingerprint density at radius 3 is 2.55 bits per heavy atom. The predicted molar refractivity (Wildman–Crippen MR) is 80.3 cm³/mol. The smallest absolute Gasteiger partial charge is 0.228 e. The monoisotopic (exact) mass is 279 g/mol. The van der Waals surface area contributed by atoms with Crippen LogP contribution in [0.15, 0.2) is 0 Å². The summed E-state index contributed by atoms with van der Waals surface area (Å²) in [7, 11) is 0. The van der Waals surface area contributed by atoms with E-state index < -0.39 is 0 Å². The van der Waals surface area contributed by atoms with Gasteiger partial charge in [0.05, 0.1) is 0 Å². The number of likely N-dealkylation sites (tertiary alicyclic amines) is 1. The molecule has 1 aliphatic carbocycles. The largest absolute Gasteiger partial charge is 0.341 e. The lowest BCUT2D eigenvalue weighted by molar-refractivity contribution is -0.147. The predicted octanol–water partition coefficient (Wildman–Crippen LogP) is 3.42. The van der Waals surface area contributed by atoms with E-state index in [2.05, 4.69) is 20.8 Å². The molecule has 114 valence electrons. The second-order valence-corrected chi connectivity index (χ2v) is 7.16. The minimum absolute atomic E-state index is 0.0743. The molecule has 0 spiro atoms. The standard InChI is InChI=1S/C17H29NO2/c1-4-14-12-18(10-7-15(14)19)16(20)17(11-13(2)3)8-5-6-9-17/h13-14H,4-12H2,1-3H3. The Morgan fingerprint density at radius 2 is 2.00 bits per heavy atom. The third-order valence-electron chi connectivity index (χ3n) is 5.12. The number of piperidine rings is 1. The molecular formula is C17H29NO2. The van der Waals surface area contributed by atoms with E-state index in [0.29, 0.717) is 37.1 Å². The Balaban J connectivity index is 2.10. The SMILES string of the molecule is CCC1CN(C(=O)C2(CC(C)C)CCCC2)CCC1=O. The molecule has 0 aromatic carbocycles. The lowest BCUT2D eigenvalue weighted by atomic mass is 9.76. The van der Waals surface area contributed by atoms with Crippen molar-refractivity contribution >= 4 is 11.7 Å². The van der Waals surface area contributed by atoms with Gasteiger partial charge < -0.3 is 4.90 Å². The van der Waals surface area contributed by atoms with Crippen molar-refractivity contribution in [2.45, 2.75) is 65.7 Å². The third-order valence-corrected chi connectivity index (χ3v) is 5.12. The topological polar surface area (TPSA) is 37.4 Å². The molecule has 3 nitrogen and oxygen atoms in total. The van der Waals surface area contributed by atoms with Crippen molar-refractivity contribution in [1.29, 1.82) is 0 Å². The summed E-state index contributed by atoms with van der Waals surface area (Å²) in [5, 5.41) is 0. The summed E-state index contributed by atoms with van der Waals surface area (Å²) in [6.07, 6.45) is 6.89. The quantitative estimate of drug-likeness (QED) is 0.790. The van der Waals surface area contributed by atoms with Gasteiger partial charge in [-0.1, -0.05) is 33.6 Å². The molecule has 0 aromatic heterocycles. The van der Waals surface area contributed by atoms with E-state index in [-0.39, 0.29) is 11.3 Å². The Hall–Kier alpha value is -0.860. The van der Waals surface area contributed by atoms with Gasteiger partial charge in [-0.25, -0.2) is 0 Å². The van der Waals surface area contributed by atoms with Gasteiger partial charge in [0.25, 0.3) is 0 Å². The van der Waals surface area contributed by atoms with E-state index >= 15 is 0 Å². The maximum atomic E-state index is 13.0. The molecule has 1 saturated carbocycles. The van der Waals surface area contributed by atoms with E-state index in [1.54, 1.807) is 0 Å². The molecule has 2 fully saturated rings. The molecule has 3 heteroatoms. The maximum absolute atomic E-state index is 13.0. The van der Waals surface area contributed by atoms with Gasteiger partial charge in [0.2, 0.25) is 5.91 Å². The van der Waals surface area contributed by atoms with Gasteiger partial charge in [-0.15, -0.1) is 0 Å². The number of hydrogen-bond acceptors (Lipinski definition) is 2. The number of ketones is 1. The van der Waals surface area contributed by atoms with E-state index in [1.165, 1.54) is 12.8 Å². The average molecular weight is 279 g/mol. The third kappa shape index (κ3) is 3.07. The summed E-state index contributed by atoms with van der Waals surface area (Å²) in [5.41, 5.74) is -0.118. The molecule has 1 amide bonds. The van der Waals surface area contributed by atoms with Crippen molar-refractivity contribution in [1.82, 2.24) is 4.90 Å². The number of hydrogen-bond donors (Lipinski definition) is 0. The molecule has 1 saturated heterocycles. The molecule has 1 unspecified atom stereocenters. The van der Waals surface area contributed by atoms with Crippen LogP contribution in [-0.2, 0) is 9.59 Å². The lowest BCUT2D eigenvalue weighted by Crippen LogP contribution is -2.50. The van der Waals surface area contributed by atoms with Gasteiger partial charge in [0, 0.05) is 30.8 Å². The number of nitrogens with zero attached hydrogens (tertiary/aromatic N) is 1. The van der Waals surface area contributed by atoms with Crippen molar-refractivity contribution in [3.63, 3.8) is 0 Å². The van der Waals surface area contributed by atoms with Crippen LogP contribution in [0.25, 0.3) is 0 Å². The zero-order chi connectivity index (χ0) is 14.8. The number of Topliss-reactive ketones (excluding diaryl/α,β-unsaturated/α-hetero) is 1. The Kier molecular flexibility index (Phi) is 4.87. The van der Waals surface area contributed by atoms with Gasteiger partial charge >= 0.3 is 0 Å². The van der Waals surface area contributed by atoms with Crippen LogP contribution in [0.3, 0.4) is 0 Å². The molecule has 1 atom stereocenters. The summed E-state index contributed by atoms with van der Waals surface area (Å²) >= 11 is 0. The molecule has 2 rings (SSSR count). The van der Waals surface area contributed by atoms with Gasteiger partial charge in [-0.05, 0) is 31.6 Å². The van der Waals surface area contributed by atoms with Crippen molar-refractivity contribution in [3.8, 4) is 0 Å². The first-order valence-corrected chi connectivity index (χ1v) is 8.30. The van der Waals surface area contributed by atoms with Crippen LogP contribution in [0.5, 0.6) is 0 Å². The summed E-state index contributed by atoms with van der Waals surface area (Å²) in [5.74, 6) is 1.33. The minimum Gasteiger partial charge on any atom is -0.341 e. The molecule has 2 aliphatic rings. The summed E-state index contributed by atoms with van der Waals surface area (Å²) in [6.45, 7) is 7.78. The first kappa shape index (κ1) is 15.5. The number of carbonyl (C=O) groups is 2. The highest BCUT2D eigenvalue weighted by atomic mass is 16.2. The van der Waals surface area contributed by atoms with Crippen LogP contribution >= 0.6 is 0 Å². The Bertz CT molecular complexity index is 369. The van der Waals surface area contributed by atoms with Gasteiger partial charge in [-0.3, -0.25) is 9.59 Å². The first-order chi connectivity index (χ1) is 9.48.